The van der Waals surface area contributed by atoms with Gasteiger partial charge in [0.2, 0.25) is 0 Å². The number of hydrogen-bond donors (Lipinski definition) is 1. The molecule has 29 heavy (non-hydrogen) atoms. The van der Waals surface area contributed by atoms with E-state index in [1.54, 1.807) is 42.6 Å². The third-order valence-corrected chi connectivity index (χ3v) is 8.82. The molecular weight excluding hydrogens is 434 g/mol. The van der Waals surface area contributed by atoms with E-state index in [-0.39, 0.29) is 24.6 Å². The fraction of sp³-hybridized carbons (Fsp3) is 0.368. The van der Waals surface area contributed by atoms with Gasteiger partial charge < -0.3 is 10.2 Å². The molecule has 154 valence electrons. The van der Waals surface area contributed by atoms with Gasteiger partial charge in [0.15, 0.2) is 5.60 Å². The third kappa shape index (κ3) is 4.05. The molecule has 2 aliphatic heterocycles. The van der Waals surface area contributed by atoms with Crippen molar-refractivity contribution in [1.82, 2.24) is 4.31 Å². The summed E-state index contributed by atoms with van der Waals surface area (Å²) < 4.78 is 27.9. The summed E-state index contributed by atoms with van der Waals surface area (Å²) >= 11 is 7.16. The second-order valence-electron chi connectivity index (χ2n) is 7.29. The van der Waals surface area contributed by atoms with Crippen molar-refractivity contribution in [3.05, 3.63) is 46.3 Å². The Morgan fingerprint density at radius 3 is 2.93 bits per heavy atom. The number of anilines is 1. The fourth-order valence-corrected chi connectivity index (χ4v) is 6.93. The molecule has 10 heteroatoms. The summed E-state index contributed by atoms with van der Waals surface area (Å²) in [7, 11) is -3.60. The summed E-state index contributed by atoms with van der Waals surface area (Å²) in [4.78, 5) is 18.2. The highest BCUT2D eigenvalue weighted by Gasteiger charge is 2.47. The van der Waals surface area contributed by atoms with Crippen LogP contribution in [0.3, 0.4) is 0 Å². The Morgan fingerprint density at radius 1 is 1.38 bits per heavy atom. The average molecular weight is 454 g/mol. The van der Waals surface area contributed by atoms with Crippen LogP contribution in [0.5, 0.6) is 0 Å². The van der Waals surface area contributed by atoms with Gasteiger partial charge >= 0.3 is 0 Å². The van der Waals surface area contributed by atoms with Crippen LogP contribution < -0.4 is 5.32 Å². The van der Waals surface area contributed by atoms with E-state index in [9.17, 15) is 13.2 Å². The molecule has 2 aromatic rings. The zero-order chi connectivity index (χ0) is 20.6. The highest BCUT2D eigenvalue weighted by molar-refractivity contribution is 7.91. The predicted octanol–water partition coefficient (Wildman–Crippen LogP) is 3.65. The van der Waals surface area contributed by atoms with Crippen LogP contribution in [0.15, 0.2) is 45.1 Å². The molecule has 1 saturated heterocycles. The van der Waals surface area contributed by atoms with E-state index < -0.39 is 15.6 Å². The largest absolute Gasteiger partial charge is 0.387 e. The van der Waals surface area contributed by atoms with Crippen molar-refractivity contribution in [3.8, 4) is 0 Å². The van der Waals surface area contributed by atoms with Crippen LogP contribution in [0.25, 0.3) is 0 Å². The Morgan fingerprint density at radius 2 is 2.21 bits per heavy atom. The van der Waals surface area contributed by atoms with Crippen molar-refractivity contribution >= 4 is 50.3 Å². The number of rotatable bonds is 4. The van der Waals surface area contributed by atoms with Crippen molar-refractivity contribution in [1.29, 1.82) is 0 Å². The molecule has 0 aliphatic carbocycles. The fourth-order valence-electron chi connectivity index (χ4n) is 3.63. The molecule has 0 saturated carbocycles. The number of aryl methyl sites for hydroxylation is 1. The molecule has 1 fully saturated rings. The smallest absolute Gasteiger partial charge is 0.273 e. The van der Waals surface area contributed by atoms with Crippen LogP contribution in [0.1, 0.15) is 24.8 Å². The van der Waals surface area contributed by atoms with Gasteiger partial charge in [0.05, 0.1) is 6.54 Å². The number of benzene rings is 1. The summed E-state index contributed by atoms with van der Waals surface area (Å²) in [6.45, 7) is 2.38. The van der Waals surface area contributed by atoms with Gasteiger partial charge in [0.25, 0.3) is 15.9 Å². The van der Waals surface area contributed by atoms with Gasteiger partial charge in [0.1, 0.15) is 9.92 Å². The van der Waals surface area contributed by atoms with Crippen LogP contribution in [0, 0.1) is 6.92 Å². The Hall–Kier alpha value is -1.94. The number of oxime groups is 1. The van der Waals surface area contributed by atoms with Crippen LogP contribution >= 0.6 is 22.9 Å². The van der Waals surface area contributed by atoms with Crippen LogP contribution in [0.2, 0.25) is 5.02 Å². The number of nitrogens with one attached hydrogen (secondary N) is 1. The van der Waals surface area contributed by atoms with Gasteiger partial charge in [-0.1, -0.05) is 22.8 Å². The van der Waals surface area contributed by atoms with E-state index in [1.165, 1.54) is 15.6 Å². The number of carbonyl (C=O) groups is 1. The van der Waals surface area contributed by atoms with Gasteiger partial charge in [-0.25, -0.2) is 8.42 Å². The first-order chi connectivity index (χ1) is 13.8. The van der Waals surface area contributed by atoms with Gasteiger partial charge in [0, 0.05) is 23.7 Å². The molecule has 2 aliphatic rings. The van der Waals surface area contributed by atoms with Crippen molar-refractivity contribution < 1.29 is 18.0 Å². The maximum absolute atomic E-state index is 13.0. The highest BCUT2D eigenvalue weighted by atomic mass is 35.5. The van der Waals surface area contributed by atoms with Crippen LogP contribution in [-0.2, 0) is 19.7 Å². The topological polar surface area (TPSA) is 88.1 Å². The summed E-state index contributed by atoms with van der Waals surface area (Å²) in [5.41, 5.74) is 0.737. The molecule has 1 atom stereocenters. The monoisotopic (exact) mass is 453 g/mol. The Labute approximate surface area is 178 Å². The minimum Gasteiger partial charge on any atom is -0.387 e. The number of carbonyl (C=O) groups excluding carboxylic acids is 1. The highest BCUT2D eigenvalue weighted by Crippen LogP contribution is 2.37. The van der Waals surface area contributed by atoms with E-state index in [1.807, 2.05) is 0 Å². The van der Waals surface area contributed by atoms with Crippen LogP contribution in [0.4, 0.5) is 5.69 Å². The van der Waals surface area contributed by atoms with Crippen molar-refractivity contribution in [2.45, 2.75) is 36.0 Å². The van der Waals surface area contributed by atoms with E-state index in [0.717, 1.165) is 5.56 Å². The first-order valence-corrected chi connectivity index (χ1v) is 11.9. The summed E-state index contributed by atoms with van der Waals surface area (Å²) in [5, 5.41) is 9.02. The quantitative estimate of drug-likeness (QED) is 0.765. The lowest BCUT2D eigenvalue weighted by Gasteiger charge is -2.37. The van der Waals surface area contributed by atoms with E-state index in [0.29, 0.717) is 34.3 Å². The summed E-state index contributed by atoms with van der Waals surface area (Å²) in [6, 6.07) is 8.63. The van der Waals surface area contributed by atoms with Gasteiger partial charge in [-0.05, 0) is 55.0 Å². The molecule has 4 rings (SSSR count). The predicted molar refractivity (Wildman–Crippen MR) is 113 cm³/mol. The first-order valence-electron chi connectivity index (χ1n) is 9.15. The first kappa shape index (κ1) is 20.3. The minimum atomic E-state index is -3.60. The SMILES string of the molecule is Cc1ccsc1S(=O)(=O)N1CCCC2(CC(C(=O)Nc3cccc(Cl)c3)=NO2)C1. The Balaban J connectivity index is 1.46. The number of piperidine rings is 1. The van der Waals surface area contributed by atoms with Crippen molar-refractivity contribution in [2.24, 2.45) is 5.16 Å². The number of nitrogens with zero attached hydrogens (tertiary/aromatic N) is 2. The standard InChI is InChI=1S/C19H20ClN3O4S2/c1-13-6-9-28-18(13)29(25,26)23-8-3-7-19(12-23)11-16(22-27-19)17(24)21-15-5-2-4-14(20)10-15/h2,4-6,9-10H,3,7-8,11-12H2,1H3,(H,21,24). The van der Waals surface area contributed by atoms with E-state index >= 15 is 0 Å². The lowest BCUT2D eigenvalue weighted by atomic mass is 9.89. The maximum atomic E-state index is 13.0. The minimum absolute atomic E-state index is 0.171. The molecule has 7 nitrogen and oxygen atoms in total. The van der Waals surface area contributed by atoms with Gasteiger partial charge in [-0.15, -0.1) is 11.3 Å². The Bertz CT molecular complexity index is 1080. The molecule has 1 spiro atoms. The number of amides is 1. The molecular formula is C19H20ClN3O4S2. The zero-order valence-corrected chi connectivity index (χ0v) is 18.1. The number of thiophene rings is 1. The number of hydrogen-bond acceptors (Lipinski definition) is 6. The van der Waals surface area contributed by atoms with E-state index in [2.05, 4.69) is 10.5 Å². The lowest BCUT2D eigenvalue weighted by molar-refractivity contribution is -0.110. The third-order valence-electron chi connectivity index (χ3n) is 5.08. The van der Waals surface area contributed by atoms with Crippen molar-refractivity contribution in [3.63, 3.8) is 0 Å². The van der Waals surface area contributed by atoms with Crippen LogP contribution in [-0.4, -0.2) is 43.0 Å². The average Bonchev–Trinajstić information content (AvgIpc) is 3.29. The molecule has 1 aromatic heterocycles. The zero-order valence-electron chi connectivity index (χ0n) is 15.7. The molecule has 1 aromatic carbocycles. The normalized spacial score (nSPS) is 22.3. The molecule has 1 N–H and O–H groups in total. The lowest BCUT2D eigenvalue weighted by Crippen LogP contribution is -2.50. The molecule has 0 radical (unpaired) electrons. The number of halogens is 1. The maximum Gasteiger partial charge on any atom is 0.273 e. The van der Waals surface area contributed by atoms with Gasteiger partial charge in [-0.3, -0.25) is 4.79 Å². The van der Waals surface area contributed by atoms with E-state index in [4.69, 9.17) is 16.4 Å². The molecule has 3 heterocycles. The molecule has 0 bridgehead atoms. The van der Waals surface area contributed by atoms with Gasteiger partial charge in [-0.2, -0.15) is 4.31 Å². The van der Waals surface area contributed by atoms with Crippen molar-refractivity contribution in [2.75, 3.05) is 18.4 Å². The second-order valence-corrected chi connectivity index (χ2v) is 10.8. The second kappa shape index (κ2) is 7.71. The molecule has 1 unspecified atom stereocenters. The summed E-state index contributed by atoms with van der Waals surface area (Å²) in [5.74, 6) is -0.377. The summed E-state index contributed by atoms with van der Waals surface area (Å²) in [6.07, 6.45) is 1.54. The number of sulfonamides is 1. The molecule has 1 amide bonds. The Kier molecular flexibility index (Phi) is 5.41.